The maximum Gasteiger partial charge on any atom is 0.239 e. The van der Waals surface area contributed by atoms with Crippen molar-refractivity contribution in [3.05, 3.63) is 34.0 Å². The quantitative estimate of drug-likeness (QED) is 0.552. The van der Waals surface area contributed by atoms with Crippen molar-refractivity contribution in [3.8, 4) is 5.69 Å². The lowest BCUT2D eigenvalue weighted by molar-refractivity contribution is -0.125. The van der Waals surface area contributed by atoms with Gasteiger partial charge >= 0.3 is 0 Å². The van der Waals surface area contributed by atoms with Gasteiger partial charge in [0, 0.05) is 6.04 Å². The second-order valence-corrected chi connectivity index (χ2v) is 8.15. The van der Waals surface area contributed by atoms with Crippen molar-refractivity contribution in [2.75, 3.05) is 12.3 Å². The lowest BCUT2D eigenvalue weighted by Crippen LogP contribution is -2.40. The minimum atomic E-state index is -0.335. The molecule has 0 radical (unpaired) electrons. The summed E-state index contributed by atoms with van der Waals surface area (Å²) in [7, 11) is 0. The van der Waals surface area contributed by atoms with E-state index in [-0.39, 0.29) is 36.0 Å². The predicted octanol–water partition coefficient (Wildman–Crippen LogP) is 2.54. The number of aromatic nitrogens is 2. The summed E-state index contributed by atoms with van der Waals surface area (Å²) >= 11 is 7.75. The molecule has 0 bridgehead atoms. The summed E-state index contributed by atoms with van der Waals surface area (Å²) in [5.74, 6) is -0.707. The van der Waals surface area contributed by atoms with Crippen LogP contribution in [0.4, 0.5) is 4.39 Å². The topological polar surface area (TPSA) is 76.0 Å². The number of amides is 2. The van der Waals surface area contributed by atoms with Gasteiger partial charge in [0.25, 0.3) is 0 Å². The lowest BCUT2D eigenvalue weighted by Gasteiger charge is -2.08. The second-order valence-electron chi connectivity index (χ2n) is 5.31. The van der Waals surface area contributed by atoms with E-state index < -0.39 is 0 Å². The van der Waals surface area contributed by atoms with Gasteiger partial charge in [0.05, 0.1) is 18.0 Å². The van der Waals surface area contributed by atoms with Crippen molar-refractivity contribution < 1.29 is 14.0 Å². The third-order valence-electron chi connectivity index (χ3n) is 2.82. The fourth-order valence-corrected chi connectivity index (χ4v) is 3.99. The molecule has 1 aromatic carbocycles. The number of rotatable bonds is 7. The Morgan fingerprint density at radius 3 is 2.64 bits per heavy atom. The minimum Gasteiger partial charge on any atom is -0.352 e. The van der Waals surface area contributed by atoms with Crippen LogP contribution in [0, 0.1) is 9.77 Å². The molecule has 134 valence electrons. The molecule has 0 atom stereocenters. The Labute approximate surface area is 157 Å². The molecule has 25 heavy (non-hydrogen) atoms. The molecule has 2 rings (SSSR count). The average Bonchev–Trinajstić information content (AvgIpc) is 2.92. The van der Waals surface area contributed by atoms with Gasteiger partial charge in [-0.25, -0.2) is 9.07 Å². The van der Waals surface area contributed by atoms with Crippen molar-refractivity contribution >= 4 is 47.1 Å². The molecule has 2 amide bonds. The summed E-state index contributed by atoms with van der Waals surface area (Å²) in [6.07, 6.45) is 0. The Balaban J connectivity index is 1.88. The summed E-state index contributed by atoms with van der Waals surface area (Å²) in [5, 5.41) is 9.57. The van der Waals surface area contributed by atoms with Crippen LogP contribution in [-0.4, -0.2) is 39.9 Å². The smallest absolute Gasteiger partial charge is 0.239 e. The molecular weight excluding hydrogens is 383 g/mol. The molecule has 0 saturated carbocycles. The molecule has 2 aromatic rings. The highest BCUT2D eigenvalue weighted by atomic mass is 32.2. The van der Waals surface area contributed by atoms with Crippen molar-refractivity contribution in [1.29, 1.82) is 0 Å². The normalized spacial score (nSPS) is 10.7. The van der Waals surface area contributed by atoms with Crippen LogP contribution in [0.1, 0.15) is 13.8 Å². The molecule has 0 fully saturated rings. The number of carbonyl (C=O) groups is 2. The van der Waals surface area contributed by atoms with Gasteiger partial charge < -0.3 is 10.6 Å². The Hall–Kier alpha value is -1.78. The number of hydrogen-bond donors (Lipinski definition) is 2. The molecule has 10 heteroatoms. The molecule has 1 heterocycles. The standard InChI is InChI=1S/C15H17FN4O2S3/c1-9(2)18-12(21)7-17-13(22)8-24-14-19-20(15(23)25-14)11-5-3-10(16)4-6-11/h3-6,9H,7-8H2,1-2H3,(H,17,22)(H,18,21). The highest BCUT2D eigenvalue weighted by Gasteiger charge is 2.11. The van der Waals surface area contributed by atoms with E-state index >= 15 is 0 Å². The zero-order valence-electron chi connectivity index (χ0n) is 13.6. The largest absolute Gasteiger partial charge is 0.352 e. The van der Waals surface area contributed by atoms with E-state index in [2.05, 4.69) is 15.7 Å². The zero-order chi connectivity index (χ0) is 18.4. The van der Waals surface area contributed by atoms with Crippen LogP contribution in [0.5, 0.6) is 0 Å². The summed E-state index contributed by atoms with van der Waals surface area (Å²) in [6, 6.07) is 5.86. The molecule has 0 aliphatic rings. The Kier molecular flexibility index (Phi) is 7.09. The number of carbonyl (C=O) groups excluding carboxylic acids is 2. The molecule has 0 saturated heterocycles. The maximum absolute atomic E-state index is 13.0. The second kappa shape index (κ2) is 9.07. The first kappa shape index (κ1) is 19.5. The average molecular weight is 401 g/mol. The minimum absolute atomic E-state index is 0.0291. The van der Waals surface area contributed by atoms with E-state index in [1.165, 1.54) is 39.9 Å². The van der Waals surface area contributed by atoms with Gasteiger partial charge in [-0.2, -0.15) is 0 Å². The van der Waals surface area contributed by atoms with Crippen molar-refractivity contribution in [1.82, 2.24) is 20.4 Å². The summed E-state index contributed by atoms with van der Waals surface area (Å²) in [5.41, 5.74) is 0.657. The van der Waals surface area contributed by atoms with E-state index in [0.717, 1.165) is 0 Å². The van der Waals surface area contributed by atoms with E-state index in [0.29, 0.717) is 14.0 Å². The fourth-order valence-electron chi connectivity index (χ4n) is 1.79. The number of hydrogen-bond acceptors (Lipinski definition) is 6. The van der Waals surface area contributed by atoms with Gasteiger partial charge in [-0.3, -0.25) is 9.59 Å². The number of nitrogens with one attached hydrogen (secondary N) is 2. The van der Waals surface area contributed by atoms with Crippen molar-refractivity contribution in [2.45, 2.75) is 24.2 Å². The highest BCUT2D eigenvalue weighted by molar-refractivity contribution is 8.01. The molecule has 2 N–H and O–H groups in total. The van der Waals surface area contributed by atoms with Crippen LogP contribution in [0.25, 0.3) is 5.69 Å². The molecule has 0 aliphatic carbocycles. The third-order valence-corrected chi connectivity index (χ3v) is 5.19. The molecule has 0 unspecified atom stereocenters. The first-order valence-corrected chi connectivity index (χ1v) is 9.61. The van der Waals surface area contributed by atoms with Gasteiger partial charge in [-0.05, 0) is 50.3 Å². The molecular formula is C15H17FN4O2S3. The number of nitrogens with zero attached hydrogens (tertiary/aromatic N) is 2. The van der Waals surface area contributed by atoms with E-state index in [1.807, 2.05) is 13.8 Å². The molecule has 0 aliphatic heterocycles. The number of thioether (sulfide) groups is 1. The van der Waals surface area contributed by atoms with Crippen LogP contribution < -0.4 is 10.6 Å². The molecule has 6 nitrogen and oxygen atoms in total. The number of benzene rings is 1. The Morgan fingerprint density at radius 2 is 2.00 bits per heavy atom. The number of halogens is 1. The van der Waals surface area contributed by atoms with Crippen molar-refractivity contribution in [2.24, 2.45) is 0 Å². The monoisotopic (exact) mass is 400 g/mol. The SMILES string of the molecule is CC(C)NC(=O)CNC(=O)CSc1nn(-c2ccc(F)cc2)c(=S)s1. The Bertz CT molecular complexity index is 802. The highest BCUT2D eigenvalue weighted by Crippen LogP contribution is 2.23. The fraction of sp³-hybridized carbons (Fsp3) is 0.333. The first-order chi connectivity index (χ1) is 11.8. The van der Waals surface area contributed by atoms with Crippen LogP contribution >= 0.6 is 35.3 Å². The van der Waals surface area contributed by atoms with Gasteiger partial charge in [0.2, 0.25) is 11.8 Å². The molecule has 1 aromatic heterocycles. The Morgan fingerprint density at radius 1 is 1.32 bits per heavy atom. The van der Waals surface area contributed by atoms with Crippen molar-refractivity contribution in [3.63, 3.8) is 0 Å². The lowest BCUT2D eigenvalue weighted by atomic mass is 10.3. The predicted molar refractivity (Wildman–Crippen MR) is 99.2 cm³/mol. The zero-order valence-corrected chi connectivity index (χ0v) is 16.1. The van der Waals surface area contributed by atoms with Crippen LogP contribution in [0.15, 0.2) is 28.6 Å². The van der Waals surface area contributed by atoms with Crippen LogP contribution in [0.3, 0.4) is 0 Å². The van der Waals surface area contributed by atoms with Crippen LogP contribution in [0.2, 0.25) is 0 Å². The first-order valence-electron chi connectivity index (χ1n) is 7.40. The van der Waals surface area contributed by atoms with E-state index in [9.17, 15) is 14.0 Å². The van der Waals surface area contributed by atoms with Gasteiger partial charge in [0.15, 0.2) is 8.29 Å². The van der Waals surface area contributed by atoms with Gasteiger partial charge in [-0.1, -0.05) is 23.1 Å². The van der Waals surface area contributed by atoms with Crippen LogP contribution in [-0.2, 0) is 9.59 Å². The van der Waals surface area contributed by atoms with Gasteiger partial charge in [0.1, 0.15) is 5.82 Å². The van der Waals surface area contributed by atoms with E-state index in [4.69, 9.17) is 12.2 Å². The van der Waals surface area contributed by atoms with E-state index in [1.54, 1.807) is 12.1 Å². The van der Waals surface area contributed by atoms with Gasteiger partial charge in [-0.15, -0.1) is 5.10 Å². The maximum atomic E-state index is 13.0. The summed E-state index contributed by atoms with van der Waals surface area (Å²) in [6.45, 7) is 3.64. The molecule has 0 spiro atoms. The third kappa shape index (κ3) is 6.22. The summed E-state index contributed by atoms with van der Waals surface area (Å²) in [4.78, 5) is 23.3. The summed E-state index contributed by atoms with van der Waals surface area (Å²) < 4.78 is 15.6.